The Morgan fingerprint density at radius 3 is 1.33 bits per heavy atom. The molecule has 4 aromatic carbocycles. The Morgan fingerprint density at radius 2 is 0.978 bits per heavy atom. The molecule has 0 spiro atoms. The van der Waals surface area contributed by atoms with E-state index >= 15 is 0 Å². The summed E-state index contributed by atoms with van der Waals surface area (Å²) in [4.78, 5) is 86.2. The lowest BCUT2D eigenvalue weighted by atomic mass is 9.92. The van der Waals surface area contributed by atoms with E-state index in [2.05, 4.69) is 9.98 Å². The lowest BCUT2D eigenvalue weighted by Gasteiger charge is -2.28. The van der Waals surface area contributed by atoms with Gasteiger partial charge in [0.15, 0.2) is 0 Å². The van der Waals surface area contributed by atoms with E-state index in [1.54, 1.807) is 36.4 Å². The van der Waals surface area contributed by atoms with E-state index in [-0.39, 0.29) is 58.1 Å². The first-order chi connectivity index (χ1) is 22.1. The summed E-state index contributed by atoms with van der Waals surface area (Å²) in [6.07, 6.45) is 1.04. The fourth-order valence-electron chi connectivity index (χ4n) is 6.08. The number of aliphatic imine (C=N–C) groups is 2. The normalized spacial score (nSPS) is 14.9. The Hall–Kier alpha value is -6.18. The number of nitrogens with zero attached hydrogens (tertiary/aromatic N) is 6. The number of imide groups is 2. The van der Waals surface area contributed by atoms with Crippen LogP contribution >= 0.6 is 0 Å². The molecule has 14 heteroatoms. The average molecular weight is 621 g/mol. The van der Waals surface area contributed by atoms with Gasteiger partial charge < -0.3 is 0 Å². The average Bonchev–Trinajstić information content (AvgIpc) is 3.05. The molecule has 0 fully saturated rings. The van der Waals surface area contributed by atoms with Crippen LogP contribution in [0, 0.1) is 20.2 Å². The maximum atomic E-state index is 13.6. The Kier molecular flexibility index (Phi) is 7.40. The number of carbonyl (C=O) groups is 4. The smallest absolute Gasteiger partial charge is 0.270 e. The van der Waals surface area contributed by atoms with Crippen molar-refractivity contribution in [2.45, 2.75) is 25.7 Å². The zero-order chi connectivity index (χ0) is 32.9. The van der Waals surface area contributed by atoms with Gasteiger partial charge >= 0.3 is 0 Å². The number of carbonyl (C=O) groups excluding carboxylic acids is 4. The molecule has 0 saturated carbocycles. The van der Waals surface area contributed by atoms with Gasteiger partial charge in [0.25, 0.3) is 35.0 Å². The molecule has 0 aliphatic carbocycles. The van der Waals surface area contributed by atoms with Crippen LogP contribution in [0.2, 0.25) is 0 Å². The van der Waals surface area contributed by atoms with Gasteiger partial charge in [-0.3, -0.25) is 49.4 Å². The van der Waals surface area contributed by atoms with Crippen molar-refractivity contribution in [2.75, 3.05) is 14.1 Å². The summed E-state index contributed by atoms with van der Waals surface area (Å²) in [6, 6.07) is 14.4. The maximum absolute atomic E-state index is 13.6. The molecule has 4 amide bonds. The largest absolute Gasteiger partial charge is 0.275 e. The molecule has 2 heterocycles. The summed E-state index contributed by atoms with van der Waals surface area (Å²) in [6.45, 7) is 0. The number of nitro benzene ring substituents is 2. The minimum atomic E-state index is -0.722. The molecule has 0 unspecified atom stereocenters. The first-order valence-corrected chi connectivity index (χ1v) is 14.2. The van der Waals surface area contributed by atoms with Gasteiger partial charge in [-0.15, -0.1) is 0 Å². The number of hydrogen-bond donors (Lipinski definition) is 0. The van der Waals surface area contributed by atoms with Crippen molar-refractivity contribution in [2.24, 2.45) is 9.98 Å². The van der Waals surface area contributed by atoms with Gasteiger partial charge in [0.2, 0.25) is 0 Å². The van der Waals surface area contributed by atoms with Crippen LogP contribution in [0.3, 0.4) is 0 Å². The van der Waals surface area contributed by atoms with Crippen LogP contribution in [0.5, 0.6) is 0 Å². The number of non-ortho nitro benzene ring substituents is 2. The summed E-state index contributed by atoms with van der Waals surface area (Å²) in [5.41, 5.74) is -0.0578. The third kappa shape index (κ3) is 4.67. The van der Waals surface area contributed by atoms with E-state index in [1.165, 1.54) is 26.2 Å². The molecule has 0 saturated heterocycles. The highest BCUT2D eigenvalue weighted by atomic mass is 16.6. The molecule has 0 bridgehead atoms. The predicted octanol–water partition coefficient (Wildman–Crippen LogP) is 5.32. The van der Waals surface area contributed by atoms with Crippen molar-refractivity contribution in [1.82, 2.24) is 9.80 Å². The van der Waals surface area contributed by atoms with Gasteiger partial charge in [0, 0.05) is 73.1 Å². The van der Waals surface area contributed by atoms with E-state index in [0.29, 0.717) is 34.4 Å². The standard InChI is InChI=1S/C32H24N6O8/c1-33-25(35-29(39)21-9-5-7-17-13-19(37(43)44)15-23(27(17)21)31(35)41)11-3-4-12-26(34-2)36-30(40)22-10-6-8-18-14-20(38(45)46)16-24(28(18)22)32(36)42/h5-10,13-16H,3-4,11-12H2,1-2H3. The minimum absolute atomic E-state index is 0.0265. The van der Waals surface area contributed by atoms with E-state index in [1.807, 2.05) is 0 Å². The van der Waals surface area contributed by atoms with Crippen molar-refractivity contribution >= 4 is 68.2 Å². The summed E-state index contributed by atoms with van der Waals surface area (Å²) in [5, 5.41) is 24.5. The molecule has 46 heavy (non-hydrogen) atoms. The lowest BCUT2D eigenvalue weighted by Crippen LogP contribution is -2.45. The molecule has 4 aromatic rings. The quantitative estimate of drug-likeness (QED) is 0.0663. The monoisotopic (exact) mass is 620 g/mol. The highest BCUT2D eigenvalue weighted by Crippen LogP contribution is 2.35. The maximum Gasteiger partial charge on any atom is 0.270 e. The Labute approximate surface area is 259 Å². The van der Waals surface area contributed by atoms with Crippen molar-refractivity contribution in [3.05, 3.63) is 103 Å². The number of amides is 4. The molecule has 0 atom stereocenters. The second-order valence-corrected chi connectivity index (χ2v) is 10.7. The molecule has 14 nitrogen and oxygen atoms in total. The van der Waals surface area contributed by atoms with Gasteiger partial charge in [-0.1, -0.05) is 24.3 Å². The van der Waals surface area contributed by atoms with Crippen LogP contribution in [0.25, 0.3) is 21.5 Å². The van der Waals surface area contributed by atoms with Crippen molar-refractivity contribution < 1.29 is 29.0 Å². The predicted molar refractivity (Wildman–Crippen MR) is 167 cm³/mol. The SMILES string of the molecule is CN=C(CCCCC(=NC)N1C(=O)c2cccc3cc([N+](=O)[O-])cc(c23)C1=O)N1C(=O)c2cccc3cc([N+](=O)[O-])cc(c23)C1=O. The summed E-state index contributed by atoms with van der Waals surface area (Å²) in [5.74, 6) is -2.34. The highest BCUT2D eigenvalue weighted by Gasteiger charge is 2.38. The van der Waals surface area contributed by atoms with Crippen LogP contribution in [0.15, 0.2) is 70.6 Å². The number of rotatable bonds is 7. The van der Waals surface area contributed by atoms with Gasteiger partial charge in [0.05, 0.1) is 21.0 Å². The van der Waals surface area contributed by atoms with Gasteiger partial charge in [0.1, 0.15) is 11.7 Å². The fraction of sp³-hybridized carbons (Fsp3) is 0.188. The van der Waals surface area contributed by atoms with E-state index < -0.39 is 33.5 Å². The molecule has 0 N–H and O–H groups in total. The number of benzene rings is 4. The minimum Gasteiger partial charge on any atom is -0.275 e. The third-order valence-corrected chi connectivity index (χ3v) is 8.16. The summed E-state index contributed by atoms with van der Waals surface area (Å²) in [7, 11) is 2.86. The Morgan fingerprint density at radius 1 is 0.609 bits per heavy atom. The Balaban J connectivity index is 1.20. The van der Waals surface area contributed by atoms with Gasteiger partial charge in [-0.2, -0.15) is 0 Å². The highest BCUT2D eigenvalue weighted by molar-refractivity contribution is 6.33. The molecule has 0 aromatic heterocycles. The molecular weight excluding hydrogens is 596 g/mol. The zero-order valence-corrected chi connectivity index (χ0v) is 24.6. The molecular formula is C32H24N6O8. The summed E-state index contributed by atoms with van der Waals surface area (Å²) < 4.78 is 0. The lowest BCUT2D eigenvalue weighted by molar-refractivity contribution is -0.384. The topological polar surface area (TPSA) is 186 Å². The van der Waals surface area contributed by atoms with Gasteiger partial charge in [-0.25, -0.2) is 9.80 Å². The second kappa shape index (κ2) is 11.4. The van der Waals surface area contributed by atoms with Crippen LogP contribution in [0.4, 0.5) is 11.4 Å². The van der Waals surface area contributed by atoms with E-state index in [9.17, 15) is 39.4 Å². The fourth-order valence-corrected chi connectivity index (χ4v) is 6.08. The number of nitro groups is 2. The number of amidine groups is 2. The molecule has 6 rings (SSSR count). The number of hydrogen-bond acceptors (Lipinski definition) is 10. The van der Waals surface area contributed by atoms with Crippen LogP contribution in [0.1, 0.15) is 67.1 Å². The number of unbranched alkanes of at least 4 members (excludes halogenated alkanes) is 1. The van der Waals surface area contributed by atoms with Crippen LogP contribution < -0.4 is 0 Å². The van der Waals surface area contributed by atoms with E-state index in [0.717, 1.165) is 21.9 Å². The molecule has 230 valence electrons. The second-order valence-electron chi connectivity index (χ2n) is 10.7. The van der Waals surface area contributed by atoms with Crippen molar-refractivity contribution in [3.8, 4) is 0 Å². The van der Waals surface area contributed by atoms with Crippen molar-refractivity contribution in [1.29, 1.82) is 0 Å². The van der Waals surface area contributed by atoms with Crippen LogP contribution in [-0.2, 0) is 0 Å². The first-order valence-electron chi connectivity index (χ1n) is 14.2. The third-order valence-electron chi connectivity index (χ3n) is 8.16. The zero-order valence-electron chi connectivity index (χ0n) is 24.6. The van der Waals surface area contributed by atoms with E-state index in [4.69, 9.17) is 0 Å². The molecule has 2 aliphatic rings. The Bertz CT molecular complexity index is 1990. The molecule has 2 aliphatic heterocycles. The summed E-state index contributed by atoms with van der Waals surface area (Å²) >= 11 is 0. The van der Waals surface area contributed by atoms with Gasteiger partial charge in [-0.05, 0) is 35.7 Å². The van der Waals surface area contributed by atoms with Crippen molar-refractivity contribution in [3.63, 3.8) is 0 Å². The molecule has 0 radical (unpaired) electrons. The van der Waals surface area contributed by atoms with Crippen LogP contribution in [-0.4, -0.2) is 69.0 Å². The first kappa shape index (κ1) is 29.9.